The Morgan fingerprint density at radius 2 is 2.04 bits per heavy atom. The number of rotatable bonds is 7. The predicted molar refractivity (Wildman–Crippen MR) is 105 cm³/mol. The maximum Gasteiger partial charge on any atom is 0.223 e. The SMILES string of the molecule is CCCCCCC(=O)N1CCc2c([nH]c3ccccc23)C1CC(C)C. The van der Waals surface area contributed by atoms with Crippen LogP contribution in [0.3, 0.4) is 0 Å². The van der Waals surface area contributed by atoms with Gasteiger partial charge in [-0.25, -0.2) is 0 Å². The van der Waals surface area contributed by atoms with E-state index in [1.165, 1.54) is 41.4 Å². The molecule has 2 aromatic rings. The van der Waals surface area contributed by atoms with E-state index in [-0.39, 0.29) is 6.04 Å². The molecule has 1 N–H and O–H groups in total. The molecule has 1 aromatic carbocycles. The second-order valence-electron chi connectivity index (χ2n) is 7.86. The second-order valence-corrected chi connectivity index (χ2v) is 7.86. The summed E-state index contributed by atoms with van der Waals surface area (Å²) in [5.74, 6) is 0.906. The number of nitrogens with one attached hydrogen (secondary N) is 1. The molecule has 25 heavy (non-hydrogen) atoms. The largest absolute Gasteiger partial charge is 0.356 e. The molecule has 0 aliphatic carbocycles. The summed E-state index contributed by atoms with van der Waals surface area (Å²) in [7, 11) is 0. The Morgan fingerprint density at radius 3 is 2.80 bits per heavy atom. The highest BCUT2D eigenvalue weighted by atomic mass is 16.2. The van der Waals surface area contributed by atoms with Crippen LogP contribution in [0.2, 0.25) is 0 Å². The van der Waals surface area contributed by atoms with Crippen molar-refractivity contribution in [3.8, 4) is 0 Å². The van der Waals surface area contributed by atoms with Gasteiger partial charge < -0.3 is 9.88 Å². The zero-order chi connectivity index (χ0) is 17.8. The summed E-state index contributed by atoms with van der Waals surface area (Å²) in [6.45, 7) is 7.57. The minimum Gasteiger partial charge on any atom is -0.356 e. The number of para-hydroxylation sites is 1. The van der Waals surface area contributed by atoms with E-state index in [2.05, 4.69) is 54.9 Å². The van der Waals surface area contributed by atoms with Crippen LogP contribution < -0.4 is 0 Å². The lowest BCUT2D eigenvalue weighted by atomic mass is 9.91. The summed E-state index contributed by atoms with van der Waals surface area (Å²) in [4.78, 5) is 18.7. The molecule has 0 spiro atoms. The Bertz CT molecular complexity index is 716. The molecular weight excluding hydrogens is 308 g/mol. The van der Waals surface area contributed by atoms with Gasteiger partial charge in [0, 0.05) is 29.6 Å². The summed E-state index contributed by atoms with van der Waals surface area (Å²) in [5, 5.41) is 1.33. The summed E-state index contributed by atoms with van der Waals surface area (Å²) in [6, 6.07) is 8.75. The van der Waals surface area contributed by atoms with Crippen molar-refractivity contribution < 1.29 is 4.79 Å². The fourth-order valence-corrected chi connectivity index (χ4v) is 4.16. The number of fused-ring (bicyclic) bond motifs is 3. The molecule has 2 heterocycles. The smallest absolute Gasteiger partial charge is 0.223 e. The topological polar surface area (TPSA) is 36.1 Å². The van der Waals surface area contributed by atoms with Crippen molar-refractivity contribution in [1.82, 2.24) is 9.88 Å². The maximum atomic E-state index is 12.9. The van der Waals surface area contributed by atoms with Crippen LogP contribution in [-0.2, 0) is 11.2 Å². The lowest BCUT2D eigenvalue weighted by molar-refractivity contribution is -0.134. The van der Waals surface area contributed by atoms with Crippen molar-refractivity contribution >= 4 is 16.8 Å². The quantitative estimate of drug-likeness (QED) is 0.653. The molecule has 0 saturated carbocycles. The first-order valence-electron chi connectivity index (χ1n) is 10.0. The van der Waals surface area contributed by atoms with E-state index in [4.69, 9.17) is 0 Å². The summed E-state index contributed by atoms with van der Waals surface area (Å²) >= 11 is 0. The number of hydrogen-bond acceptors (Lipinski definition) is 1. The number of amides is 1. The molecule has 1 aliphatic rings. The highest BCUT2D eigenvalue weighted by Crippen LogP contribution is 2.38. The molecule has 0 fully saturated rings. The molecule has 1 atom stereocenters. The van der Waals surface area contributed by atoms with Crippen LogP contribution in [0.25, 0.3) is 10.9 Å². The molecule has 0 bridgehead atoms. The van der Waals surface area contributed by atoms with Gasteiger partial charge in [0.1, 0.15) is 0 Å². The summed E-state index contributed by atoms with van der Waals surface area (Å²) < 4.78 is 0. The van der Waals surface area contributed by atoms with E-state index in [9.17, 15) is 4.79 Å². The van der Waals surface area contributed by atoms with Crippen molar-refractivity contribution in [3.05, 3.63) is 35.5 Å². The van der Waals surface area contributed by atoms with Gasteiger partial charge >= 0.3 is 0 Å². The van der Waals surface area contributed by atoms with Gasteiger partial charge in [0.2, 0.25) is 5.91 Å². The van der Waals surface area contributed by atoms with E-state index in [0.29, 0.717) is 18.2 Å². The number of aromatic nitrogens is 1. The standard InChI is InChI=1S/C22H32N2O/c1-4-5-6-7-12-21(25)24-14-13-18-17-10-8-9-11-19(17)23-22(18)20(24)15-16(2)3/h8-11,16,20,23H,4-7,12-15H2,1-3H3. The van der Waals surface area contributed by atoms with Crippen LogP contribution in [0.4, 0.5) is 0 Å². The van der Waals surface area contributed by atoms with E-state index >= 15 is 0 Å². The van der Waals surface area contributed by atoms with Gasteiger partial charge in [0.15, 0.2) is 0 Å². The highest BCUT2D eigenvalue weighted by molar-refractivity contribution is 5.86. The van der Waals surface area contributed by atoms with Crippen molar-refractivity contribution in [3.63, 3.8) is 0 Å². The number of carbonyl (C=O) groups excluding carboxylic acids is 1. The average Bonchev–Trinajstić information content (AvgIpc) is 2.98. The van der Waals surface area contributed by atoms with Crippen LogP contribution in [0.15, 0.2) is 24.3 Å². The van der Waals surface area contributed by atoms with Crippen molar-refractivity contribution in [2.75, 3.05) is 6.54 Å². The fourth-order valence-electron chi connectivity index (χ4n) is 4.16. The van der Waals surface area contributed by atoms with Gasteiger partial charge in [0.05, 0.1) is 6.04 Å². The molecule has 1 aromatic heterocycles. The van der Waals surface area contributed by atoms with Crippen molar-refractivity contribution in [2.45, 2.75) is 71.8 Å². The van der Waals surface area contributed by atoms with E-state index in [1.807, 2.05) is 0 Å². The van der Waals surface area contributed by atoms with Crippen molar-refractivity contribution in [2.24, 2.45) is 5.92 Å². The van der Waals surface area contributed by atoms with Gasteiger partial charge in [-0.2, -0.15) is 0 Å². The lowest BCUT2D eigenvalue weighted by Crippen LogP contribution is -2.40. The third-order valence-electron chi connectivity index (χ3n) is 5.42. The van der Waals surface area contributed by atoms with E-state index in [1.54, 1.807) is 0 Å². The predicted octanol–water partition coefficient (Wildman–Crippen LogP) is 5.61. The number of benzene rings is 1. The van der Waals surface area contributed by atoms with Gasteiger partial charge in [-0.3, -0.25) is 4.79 Å². The molecule has 0 radical (unpaired) electrons. The number of nitrogens with zero attached hydrogens (tertiary/aromatic N) is 1. The van der Waals surface area contributed by atoms with Crippen LogP contribution in [-0.4, -0.2) is 22.3 Å². The van der Waals surface area contributed by atoms with E-state index in [0.717, 1.165) is 25.8 Å². The zero-order valence-corrected chi connectivity index (χ0v) is 16.0. The number of aromatic amines is 1. The molecular formula is C22H32N2O. The Kier molecular flexibility index (Phi) is 5.82. The Labute approximate surface area is 151 Å². The van der Waals surface area contributed by atoms with Gasteiger partial charge in [-0.15, -0.1) is 0 Å². The molecule has 3 nitrogen and oxygen atoms in total. The minimum absolute atomic E-state index is 0.204. The van der Waals surface area contributed by atoms with E-state index < -0.39 is 0 Å². The lowest BCUT2D eigenvalue weighted by Gasteiger charge is -2.37. The Hall–Kier alpha value is -1.77. The average molecular weight is 341 g/mol. The Balaban J connectivity index is 1.83. The van der Waals surface area contributed by atoms with Crippen LogP contribution in [0.1, 0.15) is 76.6 Å². The van der Waals surface area contributed by atoms with Crippen LogP contribution in [0, 0.1) is 5.92 Å². The molecule has 1 unspecified atom stereocenters. The third kappa shape index (κ3) is 3.91. The Morgan fingerprint density at radius 1 is 1.24 bits per heavy atom. The summed E-state index contributed by atoms with van der Waals surface area (Å²) in [6.07, 6.45) is 7.33. The highest BCUT2D eigenvalue weighted by Gasteiger charge is 2.33. The second kappa shape index (κ2) is 8.07. The molecule has 3 heteroatoms. The molecule has 0 saturated heterocycles. The number of unbranched alkanes of at least 4 members (excludes halogenated alkanes) is 3. The zero-order valence-electron chi connectivity index (χ0n) is 16.0. The van der Waals surface area contributed by atoms with Crippen LogP contribution >= 0.6 is 0 Å². The molecule has 3 rings (SSSR count). The maximum absolute atomic E-state index is 12.9. The number of carbonyl (C=O) groups is 1. The fraction of sp³-hybridized carbons (Fsp3) is 0.591. The van der Waals surface area contributed by atoms with Gasteiger partial charge in [-0.05, 0) is 36.8 Å². The first-order valence-corrected chi connectivity index (χ1v) is 10.0. The van der Waals surface area contributed by atoms with Crippen LogP contribution in [0.5, 0.6) is 0 Å². The van der Waals surface area contributed by atoms with Gasteiger partial charge in [0.25, 0.3) is 0 Å². The molecule has 136 valence electrons. The first-order chi connectivity index (χ1) is 12.1. The molecule has 1 amide bonds. The van der Waals surface area contributed by atoms with Gasteiger partial charge in [-0.1, -0.05) is 58.2 Å². The monoisotopic (exact) mass is 340 g/mol. The molecule has 1 aliphatic heterocycles. The van der Waals surface area contributed by atoms with Crippen molar-refractivity contribution in [1.29, 1.82) is 0 Å². The first kappa shape index (κ1) is 18.0. The third-order valence-corrected chi connectivity index (χ3v) is 5.42. The minimum atomic E-state index is 0.204. The number of hydrogen-bond donors (Lipinski definition) is 1. The number of H-pyrrole nitrogens is 1. The normalized spacial score (nSPS) is 17.3. The summed E-state index contributed by atoms with van der Waals surface area (Å²) in [5.41, 5.74) is 3.91.